The number of hydrogen-bond acceptors (Lipinski definition) is 15. The van der Waals surface area contributed by atoms with E-state index in [1.165, 1.54) is 19.1 Å². The van der Waals surface area contributed by atoms with E-state index in [1.54, 1.807) is 79.7 Å². The Hall–Kier alpha value is -9.05. The number of nitro benzene ring substituents is 1. The smallest absolute Gasteiger partial charge is 0.298 e. The normalized spacial score (nSPS) is 12.7. The summed E-state index contributed by atoms with van der Waals surface area (Å²) in [5.41, 5.74) is 2.01. The van der Waals surface area contributed by atoms with Gasteiger partial charge in [0.15, 0.2) is 28.7 Å². The van der Waals surface area contributed by atoms with Crippen LogP contribution in [0.25, 0.3) is 44.5 Å². The summed E-state index contributed by atoms with van der Waals surface area (Å²) in [6, 6.07) is 35.3. The molecule has 0 saturated heterocycles. The summed E-state index contributed by atoms with van der Waals surface area (Å²) in [6.45, 7) is 3.16. The molecule has 0 saturated carbocycles. The molecule has 5 N–H and O–H groups in total. The maximum absolute atomic E-state index is 12.6. The number of carbonyl (C=O) groups is 2. The molecule has 0 unspecified atom stereocenters. The van der Waals surface area contributed by atoms with E-state index in [-0.39, 0.29) is 96.9 Å². The average Bonchev–Trinajstić information content (AvgIpc) is 3.76. The fourth-order valence-electron chi connectivity index (χ4n) is 7.77. The van der Waals surface area contributed by atoms with Gasteiger partial charge in [0, 0.05) is 56.2 Å². The van der Waals surface area contributed by atoms with Gasteiger partial charge in [0.25, 0.3) is 11.2 Å². The Morgan fingerprint density at radius 3 is 1.87 bits per heavy atom. The number of azo groups is 1. The second kappa shape index (κ2) is 19.3. The molecule has 19 heteroatoms. The number of nitro groups is 1. The fraction of sp³-hybridized carbons (Fsp3) is 0.0588. The molecule has 3 heterocycles. The number of halogens is 2. The lowest BCUT2D eigenvalue weighted by Crippen LogP contribution is -2.20. The van der Waals surface area contributed by atoms with Crippen LogP contribution in [0, 0.1) is 28.4 Å². The van der Waals surface area contributed by atoms with Crippen LogP contribution in [0.4, 0.5) is 17.1 Å². The number of fused-ring (bicyclic) bond motifs is 4. The first kappa shape index (κ1) is 47.4. The zero-order chi connectivity index (χ0) is 50.1. The predicted molar refractivity (Wildman–Crippen MR) is 265 cm³/mol. The van der Waals surface area contributed by atoms with Crippen LogP contribution in [0.1, 0.15) is 61.3 Å². The number of carbonyl (C=O) groups excluding carboxylic acids is 2. The zero-order valence-corrected chi connectivity index (χ0v) is 38.8. The number of aromatic hydroxyl groups is 3. The lowest BCUT2D eigenvalue weighted by atomic mass is 10.0. The summed E-state index contributed by atoms with van der Waals surface area (Å²) < 4.78 is 1.41. The van der Waals surface area contributed by atoms with Crippen LogP contribution < -0.4 is 5.56 Å². The van der Waals surface area contributed by atoms with Crippen LogP contribution in [0.2, 0.25) is 5.02 Å². The number of aliphatic hydroxyl groups excluding tert-OH is 2. The van der Waals surface area contributed by atoms with Crippen molar-refractivity contribution in [2.45, 2.75) is 20.4 Å². The van der Waals surface area contributed by atoms with Gasteiger partial charge in [-0.1, -0.05) is 96.5 Å². The number of Topliss-reactive ketones (excluding diaryl/α,β-unsaturated/α-hetero) is 2. The van der Waals surface area contributed by atoms with E-state index in [0.717, 1.165) is 21.4 Å². The van der Waals surface area contributed by atoms with Crippen LogP contribution >= 0.6 is 27.5 Å². The van der Waals surface area contributed by atoms with Crippen molar-refractivity contribution in [2.75, 3.05) is 0 Å². The number of ketones is 2. The van der Waals surface area contributed by atoms with Crippen molar-refractivity contribution in [3.05, 3.63) is 196 Å². The highest BCUT2D eigenvalue weighted by molar-refractivity contribution is 9.10. The molecule has 346 valence electrons. The summed E-state index contributed by atoms with van der Waals surface area (Å²) >= 11 is 9.08. The van der Waals surface area contributed by atoms with Crippen LogP contribution in [-0.4, -0.2) is 56.6 Å². The number of hydrogen-bond donors (Lipinski definition) is 5. The zero-order valence-electron chi connectivity index (χ0n) is 36.4. The number of nitriles is 1. The largest absolute Gasteiger partial charge is 0.506 e. The lowest BCUT2D eigenvalue weighted by Gasteiger charge is -2.10. The van der Waals surface area contributed by atoms with Crippen LogP contribution in [0.15, 0.2) is 141 Å². The molecule has 0 fully saturated rings. The van der Waals surface area contributed by atoms with Gasteiger partial charge in [-0.3, -0.25) is 29.1 Å². The number of aromatic nitrogens is 3. The summed E-state index contributed by atoms with van der Waals surface area (Å²) in [5.74, 6) is -1.71. The minimum Gasteiger partial charge on any atom is -0.506 e. The number of pyridine rings is 3. The SMILES string of the molecule is CCn1c(O)c(C#N)c(C)c(N=Nc2ccc(Cl)cc2[N+](=O)[O-])c1=O.O=C1C(c2nc3ccccc3c(Br)c2O)=C(O)c2ccccc21.O=C1C(c2nc3ccccc3cc2O)=C(O)c2ccccc21. The Bertz CT molecular complexity index is 3770. The van der Waals surface area contributed by atoms with Gasteiger partial charge in [0.1, 0.15) is 40.3 Å². The summed E-state index contributed by atoms with van der Waals surface area (Å²) in [7, 11) is 0. The van der Waals surface area contributed by atoms with Gasteiger partial charge in [-0.2, -0.15) is 5.26 Å². The van der Waals surface area contributed by atoms with Crippen molar-refractivity contribution < 1.29 is 40.0 Å². The Morgan fingerprint density at radius 2 is 1.29 bits per heavy atom. The molecule has 0 amide bonds. The molecule has 5 aromatic carbocycles. The van der Waals surface area contributed by atoms with E-state index in [9.17, 15) is 50.0 Å². The third kappa shape index (κ3) is 8.46. The number of nitrogens with zero attached hydrogens (tertiary/aromatic N) is 7. The predicted octanol–water partition coefficient (Wildman–Crippen LogP) is 11.6. The first-order valence-electron chi connectivity index (χ1n) is 20.8. The number of para-hydroxylation sites is 2. The highest BCUT2D eigenvalue weighted by Gasteiger charge is 2.35. The maximum atomic E-state index is 12.6. The minimum atomic E-state index is -0.672. The summed E-state index contributed by atoms with van der Waals surface area (Å²) in [4.78, 5) is 56.7. The molecule has 3 aromatic heterocycles. The molecule has 0 spiro atoms. The lowest BCUT2D eigenvalue weighted by molar-refractivity contribution is -0.384. The maximum Gasteiger partial charge on any atom is 0.298 e. The van der Waals surface area contributed by atoms with Gasteiger partial charge in [0.2, 0.25) is 5.88 Å². The van der Waals surface area contributed by atoms with Crippen LogP contribution in [-0.2, 0) is 6.54 Å². The topological polar surface area (TPSA) is 275 Å². The molecule has 10 rings (SSSR count). The molecule has 2 aliphatic carbocycles. The van der Waals surface area contributed by atoms with E-state index in [4.69, 9.17) is 16.9 Å². The van der Waals surface area contributed by atoms with Crippen molar-refractivity contribution in [2.24, 2.45) is 10.2 Å². The molecule has 2 aliphatic rings. The molecule has 0 aliphatic heterocycles. The van der Waals surface area contributed by atoms with Crippen LogP contribution in [0.3, 0.4) is 0 Å². The summed E-state index contributed by atoms with van der Waals surface area (Å²) in [5, 5.41) is 80.9. The molecular weight excluding hydrogens is 986 g/mol. The van der Waals surface area contributed by atoms with Crippen molar-refractivity contribution >= 4 is 101 Å². The van der Waals surface area contributed by atoms with Crippen LogP contribution in [0.5, 0.6) is 17.4 Å². The van der Waals surface area contributed by atoms with E-state index in [0.29, 0.717) is 37.8 Å². The second-order valence-corrected chi connectivity index (χ2v) is 16.5. The van der Waals surface area contributed by atoms with Gasteiger partial charge in [-0.05, 0) is 60.1 Å². The van der Waals surface area contributed by atoms with E-state index >= 15 is 0 Å². The molecule has 17 nitrogen and oxygen atoms in total. The average molecular weight is 1020 g/mol. The molecule has 70 heavy (non-hydrogen) atoms. The molecular formula is C51H33BrClN7O10. The Morgan fingerprint density at radius 1 is 0.743 bits per heavy atom. The molecule has 0 radical (unpaired) electrons. The Labute approximate surface area is 408 Å². The Kier molecular flexibility index (Phi) is 13.1. The van der Waals surface area contributed by atoms with Gasteiger partial charge in [-0.15, -0.1) is 10.2 Å². The Balaban J connectivity index is 0.000000141. The van der Waals surface area contributed by atoms with Crippen molar-refractivity contribution in [3.8, 4) is 23.4 Å². The van der Waals surface area contributed by atoms with Crippen molar-refractivity contribution in [3.63, 3.8) is 0 Å². The summed E-state index contributed by atoms with van der Waals surface area (Å²) in [6.07, 6.45) is 0. The number of rotatable bonds is 6. The molecule has 0 atom stereocenters. The van der Waals surface area contributed by atoms with Gasteiger partial charge in [-0.25, -0.2) is 9.97 Å². The fourth-order valence-corrected chi connectivity index (χ4v) is 8.46. The molecule has 8 aromatic rings. The first-order valence-corrected chi connectivity index (χ1v) is 22.0. The minimum absolute atomic E-state index is 0.0233. The van der Waals surface area contributed by atoms with Gasteiger partial charge >= 0.3 is 0 Å². The standard InChI is InChI=1S/C18H10BrNO3.C18H11NO3.C15H12ClN5O4/c19-14-11-7-3-4-8-12(11)20-15(18(14)23)13-16(21)9-5-1-2-6-10(9)17(13)22;20-14-9-10-5-1-4-8-13(10)19-16(14)15-17(21)11-6-2-3-7-12(11)18(15)22;1-3-20-14(22)10(7-17)8(2)13(15(20)23)19-18-11-5-4-9(16)6-12(11)21(24)25/h1-8,21,23H;1-9,20-21H;4-6,22H,3H2,1-2H3. The quantitative estimate of drug-likeness (QED) is 0.0589. The third-order valence-electron chi connectivity index (χ3n) is 11.2. The highest BCUT2D eigenvalue weighted by atomic mass is 79.9. The number of aliphatic hydroxyl groups is 2. The number of allylic oxidation sites excluding steroid dienone is 2. The second-order valence-electron chi connectivity index (χ2n) is 15.3. The van der Waals surface area contributed by atoms with Crippen molar-refractivity contribution in [1.82, 2.24) is 14.5 Å². The van der Waals surface area contributed by atoms with E-state index < -0.39 is 16.4 Å². The highest BCUT2D eigenvalue weighted by Crippen LogP contribution is 2.44. The van der Waals surface area contributed by atoms with E-state index in [1.807, 2.05) is 36.4 Å². The van der Waals surface area contributed by atoms with Gasteiger partial charge in [0.05, 0.1) is 31.6 Å². The monoisotopic (exact) mass is 1020 g/mol. The van der Waals surface area contributed by atoms with Gasteiger partial charge < -0.3 is 25.5 Å². The molecule has 0 bridgehead atoms. The first-order chi connectivity index (χ1) is 33.6. The number of benzene rings is 5. The third-order valence-corrected chi connectivity index (χ3v) is 12.3. The van der Waals surface area contributed by atoms with Crippen molar-refractivity contribution in [1.29, 1.82) is 5.26 Å². The van der Waals surface area contributed by atoms with E-state index in [2.05, 4.69) is 36.1 Å².